The fraction of sp³-hybridized carbons (Fsp3) is 0.111. The van der Waals surface area contributed by atoms with Gasteiger partial charge in [0, 0.05) is 22.2 Å². The van der Waals surface area contributed by atoms with E-state index >= 15 is 0 Å². The number of hydrogen-bond donors (Lipinski definition) is 0. The second-order valence-electron chi connectivity index (χ2n) is 5.64. The Hall–Kier alpha value is -1.63. The van der Waals surface area contributed by atoms with E-state index < -0.39 is 10.0 Å². The average molecular weight is 374 g/mol. The summed E-state index contributed by atoms with van der Waals surface area (Å²) < 4.78 is 26.6. The van der Waals surface area contributed by atoms with Crippen LogP contribution in [0, 0.1) is 0 Å². The lowest BCUT2D eigenvalue weighted by Crippen LogP contribution is -2.12. The molecule has 0 atom stereocenters. The quantitative estimate of drug-likeness (QED) is 0.661. The Bertz CT molecular complexity index is 969. The van der Waals surface area contributed by atoms with Crippen LogP contribution in [0.4, 0.5) is 0 Å². The Morgan fingerprint density at radius 2 is 1.46 bits per heavy atom. The molecule has 2 heterocycles. The van der Waals surface area contributed by atoms with Crippen molar-refractivity contribution in [3.8, 4) is 0 Å². The van der Waals surface area contributed by atoms with Gasteiger partial charge in [0.15, 0.2) is 0 Å². The minimum absolute atomic E-state index is 0.221. The Morgan fingerprint density at radius 3 is 2.08 bits per heavy atom. The molecule has 3 nitrogen and oxygen atoms in total. The molecule has 0 unspecified atom stereocenters. The molecule has 1 aliphatic heterocycles. The lowest BCUT2D eigenvalue weighted by atomic mass is 10.2. The molecule has 0 N–H and O–H groups in total. The van der Waals surface area contributed by atoms with E-state index in [0.29, 0.717) is 4.90 Å². The zero-order valence-electron chi connectivity index (χ0n) is 12.9. The summed E-state index contributed by atoms with van der Waals surface area (Å²) in [5.41, 5.74) is 0.994. The molecule has 4 rings (SSSR count). The molecule has 122 valence electrons. The van der Waals surface area contributed by atoms with E-state index in [2.05, 4.69) is 19.1 Å². The fourth-order valence-corrected chi connectivity index (χ4v) is 6.81. The summed E-state index contributed by atoms with van der Waals surface area (Å²) in [5.74, 6) is 0. The van der Waals surface area contributed by atoms with Crippen molar-refractivity contribution in [1.82, 2.24) is 3.97 Å². The molecular formula is C18H15NO2S3. The van der Waals surface area contributed by atoms with E-state index in [4.69, 9.17) is 0 Å². The average Bonchev–Trinajstić information content (AvgIpc) is 3.20. The van der Waals surface area contributed by atoms with E-state index in [1.54, 1.807) is 60.2 Å². The van der Waals surface area contributed by atoms with Gasteiger partial charge in [-0.05, 0) is 42.8 Å². The molecule has 24 heavy (non-hydrogen) atoms. The molecule has 0 amide bonds. The Kier molecular flexibility index (Phi) is 3.78. The molecule has 1 aliphatic rings. The van der Waals surface area contributed by atoms with E-state index in [1.807, 2.05) is 24.3 Å². The number of hydrogen-bond acceptors (Lipinski definition) is 4. The van der Waals surface area contributed by atoms with Crippen molar-refractivity contribution in [3.05, 3.63) is 78.6 Å². The van der Waals surface area contributed by atoms with Crippen LogP contribution in [0.5, 0.6) is 0 Å². The molecule has 0 spiro atoms. The number of benzene rings is 2. The van der Waals surface area contributed by atoms with Gasteiger partial charge in [0.2, 0.25) is 0 Å². The first-order chi connectivity index (χ1) is 11.5. The predicted octanol–water partition coefficient (Wildman–Crippen LogP) is 4.80. The molecule has 0 bridgehead atoms. The molecule has 0 aliphatic carbocycles. The van der Waals surface area contributed by atoms with Gasteiger partial charge >= 0.3 is 0 Å². The van der Waals surface area contributed by atoms with Crippen LogP contribution in [-0.4, -0.2) is 12.4 Å². The smallest absolute Gasteiger partial charge is 0.249 e. The van der Waals surface area contributed by atoms with Crippen LogP contribution in [0.15, 0.2) is 87.7 Å². The van der Waals surface area contributed by atoms with Crippen LogP contribution >= 0.6 is 23.5 Å². The highest BCUT2D eigenvalue weighted by molar-refractivity contribution is 8.20. The van der Waals surface area contributed by atoms with E-state index in [0.717, 1.165) is 5.56 Å². The maximum atomic E-state index is 12.7. The van der Waals surface area contributed by atoms with Crippen LogP contribution < -0.4 is 0 Å². The zero-order chi connectivity index (χ0) is 16.8. The molecule has 0 fully saturated rings. The molecule has 0 saturated carbocycles. The highest BCUT2D eigenvalue weighted by Gasteiger charge is 2.37. The van der Waals surface area contributed by atoms with Gasteiger partial charge < -0.3 is 0 Å². The normalized spacial score (nSPS) is 16.0. The largest absolute Gasteiger partial charge is 0.267 e. The highest BCUT2D eigenvalue weighted by Crippen LogP contribution is 2.60. The summed E-state index contributed by atoms with van der Waals surface area (Å²) in [7, 11) is -3.54. The fourth-order valence-electron chi connectivity index (χ4n) is 2.69. The predicted molar refractivity (Wildman–Crippen MR) is 99.0 cm³/mol. The topological polar surface area (TPSA) is 39.1 Å². The molecular weight excluding hydrogens is 358 g/mol. The molecule has 2 aromatic carbocycles. The van der Waals surface area contributed by atoms with Gasteiger partial charge in [0.05, 0.1) is 8.97 Å². The van der Waals surface area contributed by atoms with Gasteiger partial charge in [-0.15, -0.1) is 23.5 Å². The van der Waals surface area contributed by atoms with Crippen LogP contribution in [0.25, 0.3) is 0 Å². The first kappa shape index (κ1) is 15.9. The number of rotatable bonds is 3. The number of thioether (sulfide) groups is 2. The second-order valence-corrected chi connectivity index (χ2v) is 10.7. The van der Waals surface area contributed by atoms with E-state index in [-0.39, 0.29) is 4.08 Å². The van der Waals surface area contributed by atoms with Crippen LogP contribution in [0.3, 0.4) is 0 Å². The number of aromatic nitrogens is 1. The second kappa shape index (κ2) is 5.72. The summed E-state index contributed by atoms with van der Waals surface area (Å²) in [6.07, 6.45) is 3.36. The third-order valence-corrected chi connectivity index (χ3v) is 8.65. The summed E-state index contributed by atoms with van der Waals surface area (Å²) in [6.45, 7) is 2.14. The van der Waals surface area contributed by atoms with Crippen LogP contribution in [0.2, 0.25) is 0 Å². The standard InChI is InChI=1S/C18H15NO2S3/c1-18(22-16-9-5-6-10-17(16)23-18)14-11-12-19(13-14)24(20,21)15-7-3-2-4-8-15/h2-13H,1H3. The van der Waals surface area contributed by atoms with Crippen molar-refractivity contribution in [2.75, 3.05) is 0 Å². The first-order valence-electron chi connectivity index (χ1n) is 7.45. The van der Waals surface area contributed by atoms with Crippen LogP contribution in [0.1, 0.15) is 12.5 Å². The highest BCUT2D eigenvalue weighted by atomic mass is 32.2. The number of fused-ring (bicyclic) bond motifs is 1. The van der Waals surface area contributed by atoms with Gasteiger partial charge in [-0.3, -0.25) is 0 Å². The zero-order valence-corrected chi connectivity index (χ0v) is 15.4. The van der Waals surface area contributed by atoms with Crippen molar-refractivity contribution < 1.29 is 8.42 Å². The Balaban J connectivity index is 1.69. The van der Waals surface area contributed by atoms with Gasteiger partial charge in [0.25, 0.3) is 10.0 Å². The maximum Gasteiger partial charge on any atom is 0.267 e. The monoisotopic (exact) mass is 373 g/mol. The van der Waals surface area contributed by atoms with Crippen molar-refractivity contribution in [1.29, 1.82) is 0 Å². The summed E-state index contributed by atoms with van der Waals surface area (Å²) in [6, 6.07) is 18.7. The van der Waals surface area contributed by atoms with Gasteiger partial charge in [0.1, 0.15) is 0 Å². The minimum atomic E-state index is -3.54. The number of nitrogens with zero attached hydrogens (tertiary/aromatic N) is 1. The summed E-state index contributed by atoms with van der Waals surface area (Å²) >= 11 is 3.53. The van der Waals surface area contributed by atoms with Crippen LogP contribution in [-0.2, 0) is 14.1 Å². The molecule has 0 saturated heterocycles. The van der Waals surface area contributed by atoms with Gasteiger partial charge in [-0.25, -0.2) is 12.4 Å². The van der Waals surface area contributed by atoms with Crippen molar-refractivity contribution >= 4 is 33.5 Å². The molecule has 1 aromatic heterocycles. The van der Waals surface area contributed by atoms with Gasteiger partial charge in [-0.1, -0.05) is 30.3 Å². The third kappa shape index (κ3) is 2.59. The Morgan fingerprint density at radius 1 is 0.875 bits per heavy atom. The van der Waals surface area contributed by atoms with E-state index in [1.165, 1.54) is 13.8 Å². The van der Waals surface area contributed by atoms with Crippen molar-refractivity contribution in [3.63, 3.8) is 0 Å². The maximum absolute atomic E-state index is 12.7. The summed E-state index contributed by atoms with van der Waals surface area (Å²) in [5, 5.41) is 0. The third-order valence-electron chi connectivity index (χ3n) is 3.97. The lowest BCUT2D eigenvalue weighted by molar-refractivity contribution is 0.587. The van der Waals surface area contributed by atoms with Gasteiger partial charge in [-0.2, -0.15) is 0 Å². The lowest BCUT2D eigenvalue weighted by Gasteiger charge is -2.20. The van der Waals surface area contributed by atoms with Crippen molar-refractivity contribution in [2.45, 2.75) is 25.7 Å². The summed E-state index contributed by atoms with van der Waals surface area (Å²) in [4.78, 5) is 2.78. The SMILES string of the molecule is CC1(c2ccn(S(=O)(=O)c3ccccc3)c2)Sc2ccccc2S1. The molecule has 3 aromatic rings. The van der Waals surface area contributed by atoms with Crippen molar-refractivity contribution in [2.24, 2.45) is 0 Å². The first-order valence-corrected chi connectivity index (χ1v) is 10.5. The molecule has 6 heteroatoms. The van der Waals surface area contributed by atoms with E-state index in [9.17, 15) is 8.42 Å². The minimum Gasteiger partial charge on any atom is -0.249 e. The molecule has 0 radical (unpaired) electrons. The Labute approximate surface area is 150 Å².